The van der Waals surface area contributed by atoms with E-state index in [1.54, 1.807) is 53.2 Å². The monoisotopic (exact) mass is 553 g/mol. The molecule has 0 fully saturated rings. The van der Waals surface area contributed by atoms with Crippen LogP contribution in [-0.4, -0.2) is 36.1 Å². The van der Waals surface area contributed by atoms with Crippen LogP contribution in [0.4, 0.5) is 10.8 Å². The van der Waals surface area contributed by atoms with Crippen LogP contribution in [0.5, 0.6) is 0 Å². The molecule has 8 nitrogen and oxygen atoms in total. The molecule has 0 spiro atoms. The number of hydrogen-bond donors (Lipinski definition) is 1. The molecule has 39 heavy (non-hydrogen) atoms. The lowest BCUT2D eigenvalue weighted by molar-refractivity contribution is 0.102. The van der Waals surface area contributed by atoms with Gasteiger partial charge < -0.3 is 0 Å². The minimum Gasteiger partial charge on any atom is -0.296 e. The van der Waals surface area contributed by atoms with Gasteiger partial charge in [0.25, 0.3) is 15.9 Å². The van der Waals surface area contributed by atoms with Gasteiger partial charge in [-0.2, -0.15) is 5.10 Å². The average Bonchev–Trinajstić information content (AvgIpc) is 3.54. The molecule has 0 aliphatic rings. The number of aromatic nitrogens is 3. The summed E-state index contributed by atoms with van der Waals surface area (Å²) in [6, 6.07) is 30.9. The Morgan fingerprint density at radius 1 is 0.897 bits per heavy atom. The molecule has 1 N–H and O–H groups in total. The fourth-order valence-corrected chi connectivity index (χ4v) is 6.43. The van der Waals surface area contributed by atoms with Crippen molar-refractivity contribution in [2.45, 2.75) is 11.4 Å². The molecule has 0 radical (unpaired) electrons. The molecule has 2 aromatic heterocycles. The quantitative estimate of drug-likeness (QED) is 0.271. The Balaban J connectivity index is 1.25. The highest BCUT2D eigenvalue weighted by atomic mass is 32.2. The molecular formula is C29H23N5O3S2. The van der Waals surface area contributed by atoms with Crippen LogP contribution in [0.25, 0.3) is 21.1 Å². The van der Waals surface area contributed by atoms with Crippen LogP contribution in [0.15, 0.2) is 108 Å². The maximum atomic E-state index is 13.2. The number of amides is 1. The van der Waals surface area contributed by atoms with Crippen molar-refractivity contribution in [2.24, 2.45) is 0 Å². The molecule has 0 aliphatic heterocycles. The van der Waals surface area contributed by atoms with Crippen molar-refractivity contribution in [3.8, 4) is 0 Å². The van der Waals surface area contributed by atoms with Crippen molar-refractivity contribution in [1.82, 2.24) is 14.8 Å². The first-order chi connectivity index (χ1) is 18.9. The van der Waals surface area contributed by atoms with E-state index < -0.39 is 10.0 Å². The van der Waals surface area contributed by atoms with E-state index in [4.69, 9.17) is 0 Å². The maximum absolute atomic E-state index is 13.2. The van der Waals surface area contributed by atoms with Crippen LogP contribution < -0.4 is 9.62 Å². The molecule has 0 saturated carbocycles. The fourth-order valence-electron chi connectivity index (χ4n) is 4.37. The Morgan fingerprint density at radius 2 is 1.59 bits per heavy atom. The van der Waals surface area contributed by atoms with Gasteiger partial charge in [-0.05, 0) is 48.0 Å². The van der Waals surface area contributed by atoms with Gasteiger partial charge in [-0.25, -0.2) is 13.4 Å². The van der Waals surface area contributed by atoms with Gasteiger partial charge in [0.15, 0.2) is 10.8 Å². The summed E-state index contributed by atoms with van der Waals surface area (Å²) in [5.41, 5.74) is 3.36. The van der Waals surface area contributed by atoms with E-state index >= 15 is 0 Å². The molecule has 0 aliphatic carbocycles. The lowest BCUT2D eigenvalue weighted by atomic mass is 10.2. The van der Waals surface area contributed by atoms with Crippen molar-refractivity contribution < 1.29 is 13.2 Å². The second kappa shape index (κ2) is 9.97. The van der Waals surface area contributed by atoms with Crippen molar-refractivity contribution >= 4 is 59.2 Å². The highest BCUT2D eigenvalue weighted by Crippen LogP contribution is 2.27. The summed E-state index contributed by atoms with van der Waals surface area (Å²) in [5.74, 6) is -0.339. The van der Waals surface area contributed by atoms with E-state index in [0.29, 0.717) is 23.1 Å². The van der Waals surface area contributed by atoms with Crippen molar-refractivity contribution in [1.29, 1.82) is 0 Å². The predicted octanol–water partition coefficient (Wildman–Crippen LogP) is 5.77. The highest BCUT2D eigenvalue weighted by molar-refractivity contribution is 7.92. The standard InChI is InChI=1S/C29H23N5O3S2/c1-33(21-9-3-2-4-10-21)39(36,37)22-17-15-20(16-18-22)19-34-25-13-7-5-11-23(25)27(32-34)28(35)31-29-30-24-12-6-8-14-26(24)38-29/h2-18H,19H2,1H3,(H,30,31,35). The molecule has 0 saturated heterocycles. The third-order valence-electron chi connectivity index (χ3n) is 6.42. The van der Waals surface area contributed by atoms with Crippen LogP contribution >= 0.6 is 11.3 Å². The number of carbonyl (C=O) groups excluding carboxylic acids is 1. The lowest BCUT2D eigenvalue weighted by Gasteiger charge is -2.19. The first-order valence-electron chi connectivity index (χ1n) is 12.2. The van der Waals surface area contributed by atoms with Gasteiger partial charge in [0.2, 0.25) is 0 Å². The summed E-state index contributed by atoms with van der Waals surface area (Å²) in [7, 11) is -2.17. The number of anilines is 2. The van der Waals surface area contributed by atoms with Gasteiger partial charge in [0.1, 0.15) is 0 Å². The summed E-state index contributed by atoms with van der Waals surface area (Å²) < 4.78 is 30.2. The van der Waals surface area contributed by atoms with Crippen LogP contribution in [0.3, 0.4) is 0 Å². The molecular weight excluding hydrogens is 530 g/mol. The number of thiazole rings is 1. The van der Waals surface area contributed by atoms with Gasteiger partial charge in [-0.3, -0.25) is 19.1 Å². The molecule has 6 rings (SSSR count). The average molecular weight is 554 g/mol. The summed E-state index contributed by atoms with van der Waals surface area (Å²) in [4.78, 5) is 17.9. The molecule has 10 heteroatoms. The Kier molecular flexibility index (Phi) is 6.34. The lowest BCUT2D eigenvalue weighted by Crippen LogP contribution is -2.26. The Morgan fingerprint density at radius 3 is 2.36 bits per heavy atom. The molecule has 0 bridgehead atoms. The van der Waals surface area contributed by atoms with Crippen molar-refractivity contribution in [3.63, 3.8) is 0 Å². The zero-order valence-electron chi connectivity index (χ0n) is 20.9. The maximum Gasteiger partial charge on any atom is 0.278 e. The van der Waals surface area contributed by atoms with E-state index in [1.807, 2.05) is 54.6 Å². The predicted molar refractivity (Wildman–Crippen MR) is 155 cm³/mol. The first kappa shape index (κ1) is 24.8. The zero-order valence-corrected chi connectivity index (χ0v) is 22.5. The highest BCUT2D eigenvalue weighted by Gasteiger charge is 2.22. The number of sulfonamides is 1. The molecule has 0 unspecified atom stereocenters. The fraction of sp³-hybridized carbons (Fsp3) is 0.0690. The Hall–Kier alpha value is -4.54. The van der Waals surface area contributed by atoms with E-state index in [-0.39, 0.29) is 10.8 Å². The summed E-state index contributed by atoms with van der Waals surface area (Å²) in [5, 5.41) is 8.75. The molecule has 1 amide bonds. The number of benzene rings is 4. The minimum atomic E-state index is -3.71. The van der Waals surface area contributed by atoms with E-state index in [2.05, 4.69) is 15.4 Å². The number of nitrogens with zero attached hydrogens (tertiary/aromatic N) is 4. The molecule has 0 atom stereocenters. The van der Waals surface area contributed by atoms with E-state index in [1.165, 1.54) is 22.7 Å². The van der Waals surface area contributed by atoms with Crippen LogP contribution in [-0.2, 0) is 16.6 Å². The normalized spacial score (nSPS) is 11.6. The summed E-state index contributed by atoms with van der Waals surface area (Å²) >= 11 is 1.41. The third-order valence-corrected chi connectivity index (χ3v) is 9.17. The number of para-hydroxylation sites is 3. The van der Waals surface area contributed by atoms with Crippen LogP contribution in [0.2, 0.25) is 0 Å². The number of rotatable bonds is 7. The van der Waals surface area contributed by atoms with Crippen LogP contribution in [0, 0.1) is 0 Å². The van der Waals surface area contributed by atoms with Gasteiger partial charge in [0, 0.05) is 12.4 Å². The van der Waals surface area contributed by atoms with E-state index in [9.17, 15) is 13.2 Å². The molecule has 194 valence electrons. The topological polar surface area (TPSA) is 97.2 Å². The van der Waals surface area contributed by atoms with Gasteiger partial charge in [-0.1, -0.05) is 72.0 Å². The summed E-state index contributed by atoms with van der Waals surface area (Å²) in [6.45, 7) is 0.365. The smallest absolute Gasteiger partial charge is 0.278 e. The molecule has 6 aromatic rings. The molecule has 2 heterocycles. The largest absolute Gasteiger partial charge is 0.296 e. The van der Waals surface area contributed by atoms with Gasteiger partial charge >= 0.3 is 0 Å². The number of nitrogens with one attached hydrogen (secondary N) is 1. The Bertz CT molecular complexity index is 1880. The van der Waals surface area contributed by atoms with Gasteiger partial charge in [0.05, 0.1) is 32.9 Å². The minimum absolute atomic E-state index is 0.193. The number of carbonyl (C=O) groups is 1. The number of hydrogen-bond acceptors (Lipinski definition) is 6. The number of fused-ring (bicyclic) bond motifs is 2. The second-order valence-corrected chi connectivity index (χ2v) is 11.9. The first-order valence-corrected chi connectivity index (χ1v) is 14.4. The third kappa shape index (κ3) is 4.75. The van der Waals surface area contributed by atoms with Crippen molar-refractivity contribution in [2.75, 3.05) is 16.7 Å². The van der Waals surface area contributed by atoms with Gasteiger partial charge in [-0.15, -0.1) is 0 Å². The zero-order chi connectivity index (χ0) is 27.0. The summed E-state index contributed by atoms with van der Waals surface area (Å²) in [6.07, 6.45) is 0. The molecule has 4 aromatic carbocycles. The second-order valence-electron chi connectivity index (χ2n) is 8.92. The SMILES string of the molecule is CN(c1ccccc1)S(=O)(=O)c1ccc(Cn2nc(C(=O)Nc3nc4ccccc4s3)c3ccccc32)cc1. The van der Waals surface area contributed by atoms with E-state index in [0.717, 1.165) is 26.7 Å². The van der Waals surface area contributed by atoms with Crippen molar-refractivity contribution in [3.05, 3.63) is 114 Å². The van der Waals surface area contributed by atoms with Crippen LogP contribution in [0.1, 0.15) is 16.1 Å². The Labute approximate surface area is 229 Å².